The van der Waals surface area contributed by atoms with Crippen molar-refractivity contribution >= 4 is 11.9 Å². The van der Waals surface area contributed by atoms with Crippen molar-refractivity contribution in [3.63, 3.8) is 0 Å². The van der Waals surface area contributed by atoms with Crippen molar-refractivity contribution in [2.24, 2.45) is 0 Å². The molecule has 2 unspecified atom stereocenters. The Balaban J connectivity index is 3.48. The molecule has 0 aromatic rings. The Morgan fingerprint density at radius 1 is 0.415 bits per heavy atom. The van der Waals surface area contributed by atoms with Gasteiger partial charge in [0.15, 0.2) is 0 Å². The van der Waals surface area contributed by atoms with Gasteiger partial charge in [-0.15, -0.1) is 0 Å². The quantitative estimate of drug-likeness (QED) is 0.0321. The zero-order valence-electron chi connectivity index (χ0n) is 43.7. The standard InChI is InChI=1S/C59H113NO5/c1-3-5-7-9-11-13-15-17-19-20-21-22-23-24-27-31-35-39-43-47-51-57(62)56(55-61)60-58(63)52-48-44-40-36-32-28-25-26-30-34-38-42-46-50-54-65-59(64)53-49-45-41-37-33-29-18-16-14-12-10-8-6-4-2/h16,18,47,51,56-57,61-62H,3-15,17,19-46,48-50,52-55H2,1-2H3,(H,60,63)/b18-16-,51-47+. The third kappa shape index (κ3) is 51.6. The van der Waals surface area contributed by atoms with E-state index in [0.29, 0.717) is 19.4 Å². The molecule has 0 aromatic heterocycles. The highest BCUT2D eigenvalue weighted by molar-refractivity contribution is 5.76. The second-order valence-corrected chi connectivity index (χ2v) is 20.0. The van der Waals surface area contributed by atoms with Crippen LogP contribution in [0.15, 0.2) is 24.3 Å². The first-order valence-corrected chi connectivity index (χ1v) is 29.1. The minimum Gasteiger partial charge on any atom is -0.466 e. The summed E-state index contributed by atoms with van der Waals surface area (Å²) in [5.41, 5.74) is 0. The number of esters is 1. The molecule has 0 bridgehead atoms. The van der Waals surface area contributed by atoms with E-state index in [-0.39, 0.29) is 18.5 Å². The zero-order valence-corrected chi connectivity index (χ0v) is 43.7. The van der Waals surface area contributed by atoms with Crippen LogP contribution in [0.2, 0.25) is 0 Å². The van der Waals surface area contributed by atoms with Crippen molar-refractivity contribution in [1.82, 2.24) is 5.32 Å². The predicted octanol–water partition coefficient (Wildman–Crippen LogP) is 17.9. The maximum Gasteiger partial charge on any atom is 0.305 e. The average Bonchev–Trinajstić information content (AvgIpc) is 3.31. The number of rotatable bonds is 54. The summed E-state index contributed by atoms with van der Waals surface area (Å²) in [6, 6.07) is -0.636. The number of carbonyl (C=O) groups is 2. The maximum atomic E-state index is 12.5. The van der Waals surface area contributed by atoms with Gasteiger partial charge in [0.1, 0.15) is 0 Å². The van der Waals surface area contributed by atoms with Crippen molar-refractivity contribution in [2.75, 3.05) is 13.2 Å². The Kier molecular flexibility index (Phi) is 53.5. The molecule has 3 N–H and O–H groups in total. The molecule has 6 heteroatoms. The van der Waals surface area contributed by atoms with Gasteiger partial charge >= 0.3 is 5.97 Å². The molecule has 0 fully saturated rings. The van der Waals surface area contributed by atoms with E-state index in [1.165, 1.54) is 231 Å². The number of unbranched alkanes of at least 4 members (excludes halogenated alkanes) is 41. The summed E-state index contributed by atoms with van der Waals surface area (Å²) in [5, 5.41) is 23.2. The van der Waals surface area contributed by atoms with E-state index in [4.69, 9.17) is 4.74 Å². The summed E-state index contributed by atoms with van der Waals surface area (Å²) in [4.78, 5) is 24.5. The first-order chi connectivity index (χ1) is 32.0. The van der Waals surface area contributed by atoms with Crippen LogP contribution >= 0.6 is 0 Å². The highest BCUT2D eigenvalue weighted by Gasteiger charge is 2.18. The van der Waals surface area contributed by atoms with Gasteiger partial charge in [-0.1, -0.05) is 269 Å². The average molecular weight is 917 g/mol. The SMILES string of the molecule is CCCCCCC/C=C\CCCCCCCC(=O)OCCCCCCCCCCCCCCCCC(=O)NC(CO)C(O)/C=C/CCCCCCCCCCCCCCCCCCCC. The summed E-state index contributed by atoms with van der Waals surface area (Å²) in [6.45, 7) is 4.89. The second-order valence-electron chi connectivity index (χ2n) is 20.0. The fourth-order valence-electron chi connectivity index (χ4n) is 8.98. The van der Waals surface area contributed by atoms with Crippen LogP contribution in [0.5, 0.6) is 0 Å². The minimum atomic E-state index is -0.852. The van der Waals surface area contributed by atoms with Crippen molar-refractivity contribution in [1.29, 1.82) is 0 Å². The monoisotopic (exact) mass is 916 g/mol. The largest absolute Gasteiger partial charge is 0.466 e. The van der Waals surface area contributed by atoms with Crippen LogP contribution in [-0.4, -0.2) is 47.4 Å². The number of aliphatic hydroxyl groups is 2. The van der Waals surface area contributed by atoms with Crippen molar-refractivity contribution in [2.45, 2.75) is 328 Å². The first-order valence-electron chi connectivity index (χ1n) is 29.1. The molecule has 0 saturated heterocycles. The van der Waals surface area contributed by atoms with Crippen molar-refractivity contribution in [3.8, 4) is 0 Å². The van der Waals surface area contributed by atoms with Gasteiger partial charge in [0, 0.05) is 12.8 Å². The minimum absolute atomic E-state index is 0.0115. The van der Waals surface area contributed by atoms with Gasteiger partial charge in [0.25, 0.3) is 0 Å². The second kappa shape index (κ2) is 54.9. The number of ether oxygens (including phenoxy) is 1. The molecule has 0 spiro atoms. The van der Waals surface area contributed by atoms with E-state index in [9.17, 15) is 19.8 Å². The Morgan fingerprint density at radius 2 is 0.723 bits per heavy atom. The number of carbonyl (C=O) groups excluding carboxylic acids is 2. The Hall–Kier alpha value is -1.66. The summed E-state index contributed by atoms with van der Waals surface area (Å²) >= 11 is 0. The van der Waals surface area contributed by atoms with Crippen LogP contribution in [-0.2, 0) is 14.3 Å². The molecular weight excluding hydrogens is 803 g/mol. The lowest BCUT2D eigenvalue weighted by Crippen LogP contribution is -2.45. The summed E-state index contributed by atoms with van der Waals surface area (Å²) < 4.78 is 5.46. The van der Waals surface area contributed by atoms with Crippen molar-refractivity contribution < 1.29 is 24.5 Å². The Labute approximate surface area is 405 Å². The molecule has 0 aliphatic heterocycles. The van der Waals surface area contributed by atoms with Gasteiger partial charge in [0.05, 0.1) is 25.4 Å². The van der Waals surface area contributed by atoms with Gasteiger partial charge < -0.3 is 20.3 Å². The van der Waals surface area contributed by atoms with Gasteiger partial charge in [-0.3, -0.25) is 9.59 Å². The van der Waals surface area contributed by atoms with Gasteiger partial charge in [-0.25, -0.2) is 0 Å². The van der Waals surface area contributed by atoms with Crippen LogP contribution in [0.4, 0.5) is 0 Å². The topological polar surface area (TPSA) is 95.9 Å². The van der Waals surface area contributed by atoms with Crippen LogP contribution in [0.1, 0.15) is 316 Å². The molecule has 0 rings (SSSR count). The fraction of sp³-hybridized carbons (Fsp3) is 0.898. The van der Waals surface area contributed by atoms with Crippen LogP contribution in [0, 0.1) is 0 Å². The lowest BCUT2D eigenvalue weighted by molar-refractivity contribution is -0.143. The molecule has 384 valence electrons. The molecule has 65 heavy (non-hydrogen) atoms. The molecule has 1 amide bonds. The number of nitrogens with one attached hydrogen (secondary N) is 1. The highest BCUT2D eigenvalue weighted by atomic mass is 16.5. The van der Waals surface area contributed by atoms with E-state index in [1.54, 1.807) is 6.08 Å². The van der Waals surface area contributed by atoms with E-state index in [2.05, 4.69) is 31.3 Å². The maximum absolute atomic E-state index is 12.5. The summed E-state index contributed by atoms with van der Waals surface area (Å²) in [7, 11) is 0. The molecule has 2 atom stereocenters. The number of hydrogen-bond donors (Lipinski definition) is 3. The third-order valence-electron chi connectivity index (χ3n) is 13.5. The lowest BCUT2D eigenvalue weighted by atomic mass is 10.0. The number of allylic oxidation sites excluding steroid dienone is 3. The van der Waals surface area contributed by atoms with E-state index >= 15 is 0 Å². The number of amides is 1. The summed E-state index contributed by atoms with van der Waals surface area (Å²) in [6.07, 6.45) is 66.2. The van der Waals surface area contributed by atoms with Gasteiger partial charge in [-0.2, -0.15) is 0 Å². The molecule has 6 nitrogen and oxygen atoms in total. The molecule has 0 aliphatic rings. The van der Waals surface area contributed by atoms with Crippen LogP contribution < -0.4 is 5.32 Å². The van der Waals surface area contributed by atoms with Crippen LogP contribution in [0.25, 0.3) is 0 Å². The van der Waals surface area contributed by atoms with Gasteiger partial charge in [-0.05, 0) is 57.8 Å². The van der Waals surface area contributed by atoms with E-state index < -0.39 is 12.1 Å². The molecular formula is C59H113NO5. The number of hydrogen-bond acceptors (Lipinski definition) is 5. The highest BCUT2D eigenvalue weighted by Crippen LogP contribution is 2.17. The first kappa shape index (κ1) is 63.3. The molecule has 0 radical (unpaired) electrons. The van der Waals surface area contributed by atoms with Crippen molar-refractivity contribution in [3.05, 3.63) is 24.3 Å². The third-order valence-corrected chi connectivity index (χ3v) is 13.5. The molecule has 0 heterocycles. The smallest absolute Gasteiger partial charge is 0.305 e. The lowest BCUT2D eigenvalue weighted by Gasteiger charge is -2.20. The normalized spacial score (nSPS) is 12.7. The predicted molar refractivity (Wildman–Crippen MR) is 283 cm³/mol. The molecule has 0 aromatic carbocycles. The molecule has 0 saturated carbocycles. The summed E-state index contributed by atoms with van der Waals surface area (Å²) in [5.74, 6) is -0.0879. The Bertz CT molecular complexity index is 1010. The van der Waals surface area contributed by atoms with Gasteiger partial charge in [0.2, 0.25) is 5.91 Å². The number of aliphatic hydroxyl groups excluding tert-OH is 2. The molecule has 0 aliphatic carbocycles. The fourth-order valence-corrected chi connectivity index (χ4v) is 8.98. The zero-order chi connectivity index (χ0) is 47.2. The van der Waals surface area contributed by atoms with Crippen LogP contribution in [0.3, 0.4) is 0 Å². The van der Waals surface area contributed by atoms with E-state index in [0.717, 1.165) is 57.8 Å². The Morgan fingerprint density at radius 3 is 1.09 bits per heavy atom. The van der Waals surface area contributed by atoms with E-state index in [1.807, 2.05) is 6.08 Å².